The maximum Gasteiger partial charge on any atom is 0.516 e. The number of rotatable bonds is 9. The molecule has 0 unspecified atom stereocenters. The molecule has 114 valence electrons. The van der Waals surface area contributed by atoms with Gasteiger partial charge in [-0.3, -0.25) is 0 Å². The molecule has 0 aromatic heterocycles. The summed E-state index contributed by atoms with van der Waals surface area (Å²) in [5.74, 6) is 3.86. The summed E-state index contributed by atoms with van der Waals surface area (Å²) in [7, 11) is 0. The molecule has 0 aliphatic carbocycles. The summed E-state index contributed by atoms with van der Waals surface area (Å²) in [5.41, 5.74) is 0. The summed E-state index contributed by atoms with van der Waals surface area (Å²) in [5, 5.41) is 0. The lowest BCUT2D eigenvalue weighted by molar-refractivity contribution is -0.133. The molecule has 0 amide bonds. The van der Waals surface area contributed by atoms with E-state index in [9.17, 15) is 9.59 Å². The van der Waals surface area contributed by atoms with Gasteiger partial charge in [-0.2, -0.15) is 0 Å². The van der Waals surface area contributed by atoms with Crippen LogP contribution >= 0.6 is 0 Å². The van der Waals surface area contributed by atoms with Crippen molar-refractivity contribution in [3.63, 3.8) is 0 Å². The van der Waals surface area contributed by atoms with Crippen LogP contribution in [0.25, 0.3) is 0 Å². The predicted molar refractivity (Wildman–Crippen MR) is 78.1 cm³/mol. The third-order valence-electron chi connectivity index (χ3n) is 2.76. The van der Waals surface area contributed by atoms with Gasteiger partial charge in [-0.05, 0) is 6.42 Å². The molecule has 0 N–H and O–H groups in total. The summed E-state index contributed by atoms with van der Waals surface area (Å²) in [6, 6.07) is 0. The van der Waals surface area contributed by atoms with E-state index in [4.69, 9.17) is 4.74 Å². The van der Waals surface area contributed by atoms with Crippen LogP contribution in [0, 0.1) is 11.8 Å². The maximum atomic E-state index is 11.1. The van der Waals surface area contributed by atoms with Gasteiger partial charge in [0, 0.05) is 12.3 Å². The lowest BCUT2D eigenvalue weighted by Gasteiger charge is -2.03. The van der Waals surface area contributed by atoms with E-state index >= 15 is 0 Å². The Morgan fingerprint density at radius 2 is 1.50 bits per heavy atom. The summed E-state index contributed by atoms with van der Waals surface area (Å²) < 4.78 is 9.14. The van der Waals surface area contributed by atoms with Gasteiger partial charge in [0.25, 0.3) is 0 Å². The van der Waals surface area contributed by atoms with Crippen molar-refractivity contribution in [2.24, 2.45) is 0 Å². The first-order valence-electron chi connectivity index (χ1n) is 7.58. The van der Waals surface area contributed by atoms with Gasteiger partial charge in [0.15, 0.2) is 0 Å². The number of esters is 1. The van der Waals surface area contributed by atoms with Crippen LogP contribution in [0.4, 0.5) is 4.79 Å². The summed E-state index contributed by atoms with van der Waals surface area (Å²) in [6.07, 6.45) is 8.97. The lowest BCUT2D eigenvalue weighted by atomic mass is 10.1. The molecule has 0 saturated heterocycles. The van der Waals surface area contributed by atoms with E-state index in [1.807, 2.05) is 0 Å². The molecule has 0 spiro atoms. The van der Waals surface area contributed by atoms with Crippen molar-refractivity contribution in [2.45, 2.75) is 71.6 Å². The zero-order valence-electron chi connectivity index (χ0n) is 12.7. The smallest absolute Gasteiger partial charge is 0.434 e. The summed E-state index contributed by atoms with van der Waals surface area (Å²) >= 11 is 0. The van der Waals surface area contributed by atoms with Crippen molar-refractivity contribution in [3.8, 4) is 11.8 Å². The molecule has 0 aliphatic heterocycles. The third-order valence-corrected chi connectivity index (χ3v) is 2.76. The number of carbonyl (C=O) groups is 2. The van der Waals surface area contributed by atoms with Gasteiger partial charge in [-0.15, -0.1) is 0 Å². The highest BCUT2D eigenvalue weighted by Gasteiger charge is 2.08. The van der Waals surface area contributed by atoms with E-state index in [0.717, 1.165) is 19.3 Å². The molecular formula is C16H26O4. The minimum atomic E-state index is -0.955. The van der Waals surface area contributed by atoms with Crippen molar-refractivity contribution < 1.29 is 19.1 Å². The molecule has 0 radical (unpaired) electrons. The van der Waals surface area contributed by atoms with Gasteiger partial charge in [0.05, 0.1) is 6.61 Å². The highest BCUT2D eigenvalue weighted by Crippen LogP contribution is 2.08. The molecule has 4 heteroatoms. The Kier molecular flexibility index (Phi) is 12.9. The number of ether oxygens (including phenoxy) is 2. The van der Waals surface area contributed by atoms with Gasteiger partial charge in [0.1, 0.15) is 0 Å². The fourth-order valence-electron chi connectivity index (χ4n) is 1.68. The van der Waals surface area contributed by atoms with Gasteiger partial charge in [-0.1, -0.05) is 64.7 Å². The van der Waals surface area contributed by atoms with Crippen LogP contribution in [0.3, 0.4) is 0 Å². The Balaban J connectivity index is 3.37. The highest BCUT2D eigenvalue weighted by atomic mass is 16.7. The third kappa shape index (κ3) is 12.9. The lowest BCUT2D eigenvalue weighted by Crippen LogP contribution is -2.12. The number of unbranched alkanes of at least 4 members (excludes halogenated alkanes) is 7. The SMILES string of the molecule is CCC#CC(=O)OC(=O)OCCCCCCCCCC. The minimum absolute atomic E-state index is 0.294. The molecule has 0 heterocycles. The molecule has 4 nitrogen and oxygen atoms in total. The van der Waals surface area contributed by atoms with E-state index in [-0.39, 0.29) is 0 Å². The Morgan fingerprint density at radius 3 is 2.10 bits per heavy atom. The van der Waals surface area contributed by atoms with Gasteiger partial charge in [-0.25, -0.2) is 9.59 Å². The molecule has 0 fully saturated rings. The Morgan fingerprint density at radius 1 is 0.900 bits per heavy atom. The molecule has 0 saturated carbocycles. The van der Waals surface area contributed by atoms with Gasteiger partial charge < -0.3 is 9.47 Å². The Hall–Kier alpha value is -1.50. The molecule has 20 heavy (non-hydrogen) atoms. The van der Waals surface area contributed by atoms with E-state index in [1.165, 1.54) is 32.1 Å². The van der Waals surface area contributed by atoms with Crippen LogP contribution in [-0.2, 0) is 14.3 Å². The molecule has 0 rings (SSSR count). The largest absolute Gasteiger partial charge is 0.516 e. The average Bonchev–Trinajstić information content (AvgIpc) is 2.43. The van der Waals surface area contributed by atoms with Crippen molar-refractivity contribution in [1.82, 2.24) is 0 Å². The normalized spacial score (nSPS) is 9.50. The van der Waals surface area contributed by atoms with Crippen LogP contribution < -0.4 is 0 Å². The predicted octanol–water partition coefficient (Wildman–Crippen LogP) is 4.22. The van der Waals surface area contributed by atoms with Crippen LogP contribution in [0.15, 0.2) is 0 Å². The van der Waals surface area contributed by atoms with Crippen LogP contribution in [-0.4, -0.2) is 18.7 Å². The zero-order chi connectivity index (χ0) is 15.1. The van der Waals surface area contributed by atoms with Gasteiger partial charge in [0.2, 0.25) is 0 Å². The quantitative estimate of drug-likeness (QED) is 0.209. The molecule has 0 bridgehead atoms. The highest BCUT2D eigenvalue weighted by molar-refractivity contribution is 5.94. The Bertz CT molecular complexity index is 325. The standard InChI is InChI=1S/C16H26O4/c1-3-5-7-8-9-10-11-12-14-19-16(18)20-15(17)13-6-4-2/h3-5,7-12,14H2,1-2H3. The second kappa shape index (κ2) is 13.9. The molecule has 0 aliphatic rings. The van der Waals surface area contributed by atoms with E-state index in [2.05, 4.69) is 23.5 Å². The van der Waals surface area contributed by atoms with Crippen molar-refractivity contribution in [2.75, 3.05) is 6.61 Å². The van der Waals surface area contributed by atoms with Crippen molar-refractivity contribution in [3.05, 3.63) is 0 Å². The van der Waals surface area contributed by atoms with E-state index in [1.54, 1.807) is 6.92 Å². The first kappa shape index (κ1) is 18.5. The number of hydrogen-bond acceptors (Lipinski definition) is 4. The van der Waals surface area contributed by atoms with Crippen molar-refractivity contribution in [1.29, 1.82) is 0 Å². The van der Waals surface area contributed by atoms with Crippen molar-refractivity contribution >= 4 is 12.1 Å². The first-order valence-corrected chi connectivity index (χ1v) is 7.58. The molecular weight excluding hydrogens is 256 g/mol. The average molecular weight is 282 g/mol. The Labute approximate surface area is 122 Å². The van der Waals surface area contributed by atoms with E-state index in [0.29, 0.717) is 13.0 Å². The second-order valence-electron chi connectivity index (χ2n) is 4.62. The number of carbonyl (C=O) groups excluding carboxylic acids is 2. The molecule has 0 atom stereocenters. The zero-order valence-corrected chi connectivity index (χ0v) is 12.7. The second-order valence-corrected chi connectivity index (χ2v) is 4.62. The summed E-state index contributed by atoms with van der Waals surface area (Å²) in [6.45, 7) is 4.30. The van der Waals surface area contributed by atoms with Crippen LogP contribution in [0.1, 0.15) is 71.6 Å². The fourth-order valence-corrected chi connectivity index (χ4v) is 1.68. The maximum absolute atomic E-state index is 11.1. The monoisotopic (exact) mass is 282 g/mol. The number of hydrogen-bond donors (Lipinski definition) is 0. The topological polar surface area (TPSA) is 52.6 Å². The van der Waals surface area contributed by atoms with Gasteiger partial charge >= 0.3 is 12.1 Å². The molecule has 0 aromatic carbocycles. The van der Waals surface area contributed by atoms with Crippen LogP contribution in [0.5, 0.6) is 0 Å². The van der Waals surface area contributed by atoms with Crippen LogP contribution in [0.2, 0.25) is 0 Å². The molecule has 0 aromatic rings. The minimum Gasteiger partial charge on any atom is -0.434 e. The summed E-state index contributed by atoms with van der Waals surface area (Å²) in [4.78, 5) is 22.1. The first-order chi connectivity index (χ1) is 9.70. The van der Waals surface area contributed by atoms with E-state index < -0.39 is 12.1 Å². The fraction of sp³-hybridized carbons (Fsp3) is 0.750.